The van der Waals surface area contributed by atoms with Crippen LogP contribution in [0.2, 0.25) is 0 Å². The summed E-state index contributed by atoms with van der Waals surface area (Å²) < 4.78 is 0. The van der Waals surface area contributed by atoms with E-state index in [1.54, 1.807) is 6.20 Å². The van der Waals surface area contributed by atoms with E-state index in [4.69, 9.17) is 11.5 Å². The van der Waals surface area contributed by atoms with Crippen molar-refractivity contribution >= 4 is 11.5 Å². The lowest BCUT2D eigenvalue weighted by Gasteiger charge is -2.37. The van der Waals surface area contributed by atoms with Crippen LogP contribution in [-0.2, 0) is 13.0 Å². The zero-order valence-corrected chi connectivity index (χ0v) is 11.8. The topological polar surface area (TPSA) is 92.6 Å². The van der Waals surface area contributed by atoms with Crippen LogP contribution >= 0.6 is 0 Å². The van der Waals surface area contributed by atoms with Gasteiger partial charge in [-0.2, -0.15) is 5.10 Å². The Hall–Kier alpha value is -2.08. The standard InChI is InChI=1S/C14H20N6/c1-8-9(2)14(19-18-13(8)16)20-4-3-12-10(7-20)5-11(15)6-17-12/h5-6,14,19H,3-4,7,15H2,1-2H3,(H2,16,18). The first kappa shape index (κ1) is 12.9. The van der Waals surface area contributed by atoms with Crippen LogP contribution < -0.4 is 16.9 Å². The molecule has 1 unspecified atom stereocenters. The molecule has 3 heterocycles. The quantitative estimate of drug-likeness (QED) is 0.694. The molecular formula is C14H20N6. The van der Waals surface area contributed by atoms with Gasteiger partial charge < -0.3 is 11.5 Å². The second kappa shape index (κ2) is 4.79. The highest BCUT2D eigenvalue weighted by Gasteiger charge is 2.28. The van der Waals surface area contributed by atoms with Gasteiger partial charge >= 0.3 is 0 Å². The summed E-state index contributed by atoms with van der Waals surface area (Å²) >= 11 is 0. The van der Waals surface area contributed by atoms with Crippen molar-refractivity contribution in [3.05, 3.63) is 34.7 Å². The minimum atomic E-state index is 0.0943. The molecule has 0 aromatic carbocycles. The number of aromatic nitrogens is 1. The third kappa shape index (κ3) is 2.12. The maximum absolute atomic E-state index is 5.84. The molecule has 0 fully saturated rings. The fraction of sp³-hybridized carbons (Fsp3) is 0.429. The first-order valence-electron chi connectivity index (χ1n) is 6.80. The van der Waals surface area contributed by atoms with Crippen molar-refractivity contribution in [2.45, 2.75) is 33.0 Å². The Bertz CT molecular complexity index is 604. The summed E-state index contributed by atoms with van der Waals surface area (Å²) in [4.78, 5) is 6.76. The minimum absolute atomic E-state index is 0.0943. The number of nitrogens with one attached hydrogen (secondary N) is 1. The predicted molar refractivity (Wildman–Crippen MR) is 79.7 cm³/mol. The Morgan fingerprint density at radius 1 is 1.35 bits per heavy atom. The van der Waals surface area contributed by atoms with Crippen LogP contribution in [-0.4, -0.2) is 28.4 Å². The van der Waals surface area contributed by atoms with E-state index in [1.165, 1.54) is 11.1 Å². The highest BCUT2D eigenvalue weighted by atomic mass is 15.4. The second-order valence-corrected chi connectivity index (χ2v) is 5.43. The monoisotopic (exact) mass is 272 g/mol. The molecule has 5 N–H and O–H groups in total. The summed E-state index contributed by atoms with van der Waals surface area (Å²) in [7, 11) is 0. The number of rotatable bonds is 1. The molecule has 1 aromatic heterocycles. The molecular weight excluding hydrogens is 252 g/mol. The molecule has 6 nitrogen and oxygen atoms in total. The summed E-state index contributed by atoms with van der Waals surface area (Å²) in [5.74, 6) is 0.571. The van der Waals surface area contributed by atoms with E-state index in [0.29, 0.717) is 11.5 Å². The van der Waals surface area contributed by atoms with E-state index in [1.807, 2.05) is 13.0 Å². The Kier molecular flexibility index (Phi) is 3.10. The first-order chi connectivity index (χ1) is 9.56. The number of hydrogen-bond acceptors (Lipinski definition) is 6. The Labute approximate surface area is 118 Å². The number of hydrazone groups is 1. The van der Waals surface area contributed by atoms with E-state index in [0.717, 1.165) is 30.8 Å². The first-order valence-corrected chi connectivity index (χ1v) is 6.80. The van der Waals surface area contributed by atoms with Gasteiger partial charge in [0.25, 0.3) is 0 Å². The van der Waals surface area contributed by atoms with Crippen LogP contribution in [0.25, 0.3) is 0 Å². The molecule has 20 heavy (non-hydrogen) atoms. The lowest BCUT2D eigenvalue weighted by molar-refractivity contribution is 0.171. The van der Waals surface area contributed by atoms with Crippen molar-refractivity contribution in [3.8, 4) is 0 Å². The van der Waals surface area contributed by atoms with Gasteiger partial charge in [-0.15, -0.1) is 0 Å². The maximum Gasteiger partial charge on any atom is 0.146 e. The van der Waals surface area contributed by atoms with Crippen LogP contribution in [0, 0.1) is 0 Å². The number of hydrogen-bond donors (Lipinski definition) is 3. The molecule has 0 saturated carbocycles. The third-order valence-corrected chi connectivity index (χ3v) is 4.15. The van der Waals surface area contributed by atoms with Gasteiger partial charge in [-0.05, 0) is 36.6 Å². The summed E-state index contributed by atoms with van der Waals surface area (Å²) in [5.41, 5.74) is 20.2. The molecule has 2 aliphatic rings. The molecule has 3 rings (SSSR count). The summed E-state index contributed by atoms with van der Waals surface area (Å²) in [6.45, 7) is 5.88. The molecule has 0 saturated heterocycles. The smallest absolute Gasteiger partial charge is 0.146 e. The van der Waals surface area contributed by atoms with E-state index in [-0.39, 0.29) is 6.17 Å². The van der Waals surface area contributed by atoms with Gasteiger partial charge in [0, 0.05) is 25.2 Å². The van der Waals surface area contributed by atoms with E-state index >= 15 is 0 Å². The average molecular weight is 272 g/mol. The normalized spacial score (nSPS) is 23.1. The lowest BCUT2D eigenvalue weighted by Crippen LogP contribution is -2.50. The van der Waals surface area contributed by atoms with Gasteiger partial charge in [0.1, 0.15) is 12.0 Å². The van der Waals surface area contributed by atoms with Crippen LogP contribution in [0.15, 0.2) is 28.5 Å². The molecule has 0 amide bonds. The van der Waals surface area contributed by atoms with Crippen molar-refractivity contribution in [1.82, 2.24) is 15.3 Å². The van der Waals surface area contributed by atoms with Crippen LogP contribution in [0.5, 0.6) is 0 Å². The average Bonchev–Trinajstić information content (AvgIpc) is 2.44. The number of nitrogens with zero attached hydrogens (tertiary/aromatic N) is 3. The fourth-order valence-corrected chi connectivity index (χ4v) is 2.76. The molecule has 0 radical (unpaired) electrons. The zero-order valence-electron chi connectivity index (χ0n) is 11.8. The molecule has 0 aliphatic carbocycles. The van der Waals surface area contributed by atoms with Gasteiger partial charge in [0.2, 0.25) is 0 Å². The summed E-state index contributed by atoms with van der Waals surface area (Å²) in [6.07, 6.45) is 2.75. The number of amidine groups is 1. The highest BCUT2D eigenvalue weighted by Crippen LogP contribution is 2.24. The van der Waals surface area contributed by atoms with Gasteiger partial charge in [-0.3, -0.25) is 15.3 Å². The number of nitrogen functional groups attached to an aromatic ring is 1. The Balaban J connectivity index is 1.84. The van der Waals surface area contributed by atoms with Crippen molar-refractivity contribution in [2.75, 3.05) is 12.3 Å². The van der Waals surface area contributed by atoms with Crippen LogP contribution in [0.3, 0.4) is 0 Å². The number of anilines is 1. The lowest BCUT2D eigenvalue weighted by atomic mass is 10.0. The number of pyridine rings is 1. The van der Waals surface area contributed by atoms with Crippen molar-refractivity contribution < 1.29 is 0 Å². The largest absolute Gasteiger partial charge is 0.397 e. The number of fused-ring (bicyclic) bond motifs is 1. The molecule has 0 bridgehead atoms. The van der Waals surface area contributed by atoms with Crippen molar-refractivity contribution in [3.63, 3.8) is 0 Å². The van der Waals surface area contributed by atoms with Crippen LogP contribution in [0.1, 0.15) is 25.1 Å². The third-order valence-electron chi connectivity index (χ3n) is 4.15. The molecule has 6 heteroatoms. The molecule has 0 spiro atoms. The van der Waals surface area contributed by atoms with E-state index in [9.17, 15) is 0 Å². The van der Waals surface area contributed by atoms with Crippen LogP contribution in [0.4, 0.5) is 5.69 Å². The number of nitrogens with two attached hydrogens (primary N) is 2. The fourth-order valence-electron chi connectivity index (χ4n) is 2.76. The van der Waals surface area contributed by atoms with Gasteiger partial charge in [-0.1, -0.05) is 0 Å². The predicted octanol–water partition coefficient (Wildman–Crippen LogP) is 0.560. The molecule has 2 aliphatic heterocycles. The van der Waals surface area contributed by atoms with E-state index in [2.05, 4.69) is 27.3 Å². The minimum Gasteiger partial charge on any atom is -0.397 e. The second-order valence-electron chi connectivity index (χ2n) is 5.43. The summed E-state index contributed by atoms with van der Waals surface area (Å²) in [6, 6.07) is 2.01. The Morgan fingerprint density at radius 2 is 2.15 bits per heavy atom. The van der Waals surface area contributed by atoms with Gasteiger partial charge in [0.15, 0.2) is 0 Å². The SMILES string of the molecule is CC1=C(C)C(N2CCc3ncc(N)cc3C2)NN=C1N. The molecule has 1 aromatic rings. The van der Waals surface area contributed by atoms with Crippen molar-refractivity contribution in [2.24, 2.45) is 10.8 Å². The van der Waals surface area contributed by atoms with Gasteiger partial charge in [-0.25, -0.2) is 0 Å². The molecule has 1 atom stereocenters. The Morgan fingerprint density at radius 3 is 2.95 bits per heavy atom. The summed E-state index contributed by atoms with van der Waals surface area (Å²) in [5, 5.41) is 4.20. The van der Waals surface area contributed by atoms with Gasteiger partial charge in [0.05, 0.1) is 11.9 Å². The zero-order chi connectivity index (χ0) is 14.3. The van der Waals surface area contributed by atoms with E-state index < -0.39 is 0 Å². The molecule has 106 valence electrons. The maximum atomic E-state index is 5.84. The highest BCUT2D eigenvalue weighted by molar-refractivity contribution is 5.97. The van der Waals surface area contributed by atoms with Crippen molar-refractivity contribution in [1.29, 1.82) is 0 Å².